The van der Waals surface area contributed by atoms with E-state index in [9.17, 15) is 0 Å². The molecule has 0 heterocycles. The van der Waals surface area contributed by atoms with Crippen molar-refractivity contribution >= 4 is 98.3 Å². The third kappa shape index (κ3) is 6.06. The number of fused-ring (bicyclic) bond motifs is 10. The maximum absolute atomic E-state index is 2.39. The number of hydrogen-bond acceptors (Lipinski definition) is 0. The fraction of sp³-hybridized carbons (Fsp3) is 0.172. The van der Waals surface area contributed by atoms with Gasteiger partial charge in [-0.05, 0) is 160 Å². The van der Waals surface area contributed by atoms with Gasteiger partial charge in [-0.2, -0.15) is 0 Å². The lowest BCUT2D eigenvalue weighted by Gasteiger charge is -2.19. The molecule has 0 atom stereocenters. The van der Waals surface area contributed by atoms with Crippen LogP contribution in [-0.4, -0.2) is 0 Å². The monoisotopic (exact) mass is 748 g/mol. The first-order chi connectivity index (χ1) is 28.6. The Morgan fingerprint density at radius 1 is 0.345 bits per heavy atom. The van der Waals surface area contributed by atoms with E-state index >= 15 is 0 Å². The molecule has 4 aliphatic carbocycles. The first kappa shape index (κ1) is 37.3. The predicted octanol–water partition coefficient (Wildman–Crippen LogP) is 17.3. The van der Waals surface area contributed by atoms with Crippen LogP contribution in [0.25, 0.3) is 98.3 Å². The van der Waals surface area contributed by atoms with Crippen molar-refractivity contribution in [2.24, 2.45) is 0 Å². The van der Waals surface area contributed by atoms with Gasteiger partial charge in [0.1, 0.15) is 0 Å². The molecule has 0 N–H and O–H groups in total. The molecule has 0 unspecified atom stereocenters. The van der Waals surface area contributed by atoms with Gasteiger partial charge in [0.15, 0.2) is 0 Å². The summed E-state index contributed by atoms with van der Waals surface area (Å²) in [5.74, 6) is 0. The van der Waals surface area contributed by atoms with Gasteiger partial charge in [-0.15, -0.1) is 0 Å². The van der Waals surface area contributed by atoms with Crippen LogP contribution in [0.3, 0.4) is 0 Å². The maximum atomic E-state index is 2.39. The maximum Gasteiger partial charge on any atom is -0.00202 e. The summed E-state index contributed by atoms with van der Waals surface area (Å²) in [6.07, 6.45) is 26.5. The number of benzene rings is 8. The van der Waals surface area contributed by atoms with Crippen LogP contribution >= 0.6 is 0 Å². The average molecular weight is 749 g/mol. The minimum Gasteiger partial charge on any atom is -0.0805 e. The van der Waals surface area contributed by atoms with Gasteiger partial charge in [0.2, 0.25) is 0 Å². The van der Waals surface area contributed by atoms with Crippen LogP contribution in [0.2, 0.25) is 0 Å². The second-order valence-electron chi connectivity index (χ2n) is 15.6. The van der Waals surface area contributed by atoms with Crippen LogP contribution in [0.15, 0.2) is 157 Å². The zero-order valence-corrected chi connectivity index (χ0v) is 34.8. The predicted molar refractivity (Wildman–Crippen MR) is 261 cm³/mol. The van der Waals surface area contributed by atoms with Crippen molar-refractivity contribution in [2.75, 3.05) is 0 Å². The van der Waals surface area contributed by atoms with E-state index in [1.54, 1.807) is 11.1 Å². The Bertz CT molecular complexity index is 3010. The summed E-state index contributed by atoms with van der Waals surface area (Å²) in [7, 11) is 0. The van der Waals surface area contributed by atoms with Crippen molar-refractivity contribution in [3.8, 4) is 0 Å². The molecule has 58 heavy (non-hydrogen) atoms. The fourth-order valence-corrected chi connectivity index (χ4v) is 9.67. The highest BCUT2D eigenvalue weighted by molar-refractivity contribution is 6.33. The van der Waals surface area contributed by atoms with Crippen LogP contribution in [0.5, 0.6) is 0 Å². The Morgan fingerprint density at radius 2 is 0.724 bits per heavy atom. The van der Waals surface area contributed by atoms with E-state index in [1.165, 1.54) is 121 Å². The normalized spacial score (nSPS) is 14.4. The molecule has 0 aliphatic heterocycles. The molecule has 0 nitrogen and oxygen atoms in total. The minimum absolute atomic E-state index is 1.10. The molecule has 4 aliphatic rings. The molecule has 0 amide bonds. The quantitative estimate of drug-likeness (QED) is 0.136. The topological polar surface area (TPSA) is 0 Å². The molecule has 284 valence electrons. The first-order valence-corrected chi connectivity index (χ1v) is 21.5. The summed E-state index contributed by atoms with van der Waals surface area (Å²) in [4.78, 5) is 0. The molecule has 0 saturated carbocycles. The highest BCUT2D eigenvalue weighted by Gasteiger charge is 2.23. The molecular weight excluding hydrogens is 697 g/mol. The van der Waals surface area contributed by atoms with E-state index in [1.807, 2.05) is 27.7 Å². The van der Waals surface area contributed by atoms with Gasteiger partial charge in [0.25, 0.3) is 0 Å². The molecule has 0 saturated heterocycles. The summed E-state index contributed by atoms with van der Waals surface area (Å²) < 4.78 is 0. The molecule has 0 fully saturated rings. The van der Waals surface area contributed by atoms with Crippen LogP contribution in [0.1, 0.15) is 76.6 Å². The summed E-state index contributed by atoms with van der Waals surface area (Å²) >= 11 is 0. The van der Waals surface area contributed by atoms with Crippen molar-refractivity contribution < 1.29 is 0 Å². The highest BCUT2D eigenvalue weighted by atomic mass is 14.3. The Labute approximate surface area is 343 Å². The summed E-state index contributed by atoms with van der Waals surface area (Å²) in [5.41, 5.74) is 8.96. The molecule has 0 aromatic heterocycles. The smallest absolute Gasteiger partial charge is 0.00202 e. The van der Waals surface area contributed by atoms with Gasteiger partial charge in [-0.25, -0.2) is 0 Å². The summed E-state index contributed by atoms with van der Waals surface area (Å²) in [6.45, 7) is 12.3. The lowest BCUT2D eigenvalue weighted by atomic mass is 9.84. The number of rotatable bonds is 0. The third-order valence-electron chi connectivity index (χ3n) is 12.3. The second-order valence-corrected chi connectivity index (χ2v) is 15.6. The largest absolute Gasteiger partial charge is 0.0805 e. The van der Waals surface area contributed by atoms with E-state index in [0.717, 1.165) is 12.8 Å². The van der Waals surface area contributed by atoms with Crippen molar-refractivity contribution in [2.45, 2.75) is 67.2 Å². The fourth-order valence-electron chi connectivity index (χ4n) is 9.67. The summed E-state index contributed by atoms with van der Waals surface area (Å²) in [6, 6.07) is 36.3. The SMILES string of the molecule is C1=Cc2c(c3c2cc2ccc4cccc5ccc3c2c45)C1.C1=Cc2c(c3c2cc2ccc4cccc5ccc3c2c45)C1.CC.CC.CC1=CC=CC1.CC1=CC=CC1. The van der Waals surface area contributed by atoms with Crippen LogP contribution < -0.4 is 0 Å². The van der Waals surface area contributed by atoms with Gasteiger partial charge < -0.3 is 0 Å². The Kier molecular flexibility index (Phi) is 10.0. The molecule has 0 radical (unpaired) electrons. The minimum atomic E-state index is 1.10. The van der Waals surface area contributed by atoms with Crippen molar-refractivity contribution in [1.82, 2.24) is 0 Å². The Balaban J connectivity index is 0.000000110. The van der Waals surface area contributed by atoms with Gasteiger partial charge >= 0.3 is 0 Å². The van der Waals surface area contributed by atoms with E-state index < -0.39 is 0 Å². The van der Waals surface area contributed by atoms with Gasteiger partial charge in [-0.1, -0.05) is 185 Å². The molecule has 0 spiro atoms. The summed E-state index contributed by atoms with van der Waals surface area (Å²) in [5, 5.41) is 22.7. The van der Waals surface area contributed by atoms with Crippen LogP contribution in [0, 0.1) is 0 Å². The first-order valence-electron chi connectivity index (χ1n) is 21.5. The molecule has 14 rings (SSSR count). The molecule has 10 aromatic rings. The number of hydrogen-bond donors (Lipinski definition) is 0. The van der Waals surface area contributed by atoms with Crippen molar-refractivity contribution in [3.63, 3.8) is 0 Å². The zero-order chi connectivity index (χ0) is 39.9. The molecule has 10 aromatic carbocycles. The molecular formula is C58H52. The Morgan fingerprint density at radius 3 is 1.07 bits per heavy atom. The van der Waals surface area contributed by atoms with E-state index in [0.29, 0.717) is 0 Å². The third-order valence-corrected chi connectivity index (χ3v) is 12.3. The molecule has 0 heteroatoms. The van der Waals surface area contributed by atoms with Crippen LogP contribution in [-0.2, 0) is 12.8 Å². The van der Waals surface area contributed by atoms with Gasteiger partial charge in [0, 0.05) is 0 Å². The van der Waals surface area contributed by atoms with Crippen molar-refractivity contribution in [3.05, 3.63) is 179 Å². The lowest BCUT2D eigenvalue weighted by Crippen LogP contribution is -1.95. The zero-order valence-electron chi connectivity index (χ0n) is 34.8. The molecule has 0 bridgehead atoms. The highest BCUT2D eigenvalue weighted by Crippen LogP contribution is 2.48. The van der Waals surface area contributed by atoms with E-state index in [2.05, 4.69) is 172 Å². The Hall–Kier alpha value is -6.24. The standard InChI is InChI=1S/2C21H12.2C6H8.2C2H6/c2*1-3-12-7-8-14-11-18-15-5-2-6-16(15)21(18)17-10-9-13(4-1)19(12)20(14)17;2*1-6-4-2-3-5-6;2*1-2/h2*1-5,7-11H,6H2;2*2-4H,5H2,1H3;2*1-2H3. The van der Waals surface area contributed by atoms with E-state index in [-0.39, 0.29) is 0 Å². The lowest BCUT2D eigenvalue weighted by molar-refractivity contribution is 1.25. The van der Waals surface area contributed by atoms with Crippen molar-refractivity contribution in [1.29, 1.82) is 0 Å². The second kappa shape index (κ2) is 15.6. The average Bonchev–Trinajstić information content (AvgIpc) is 4.11. The van der Waals surface area contributed by atoms with Crippen LogP contribution in [0.4, 0.5) is 0 Å². The number of allylic oxidation sites excluding steroid dienone is 10. The van der Waals surface area contributed by atoms with Gasteiger partial charge in [-0.3, -0.25) is 0 Å². The van der Waals surface area contributed by atoms with E-state index in [4.69, 9.17) is 0 Å². The van der Waals surface area contributed by atoms with Gasteiger partial charge in [0.05, 0.1) is 0 Å².